The van der Waals surface area contributed by atoms with E-state index in [1.807, 2.05) is 12.1 Å². The van der Waals surface area contributed by atoms with Gasteiger partial charge in [0.1, 0.15) is 5.75 Å². The van der Waals surface area contributed by atoms with E-state index in [0.29, 0.717) is 19.1 Å². The molecule has 1 fully saturated rings. The number of hydrogen-bond acceptors (Lipinski definition) is 4. The highest BCUT2D eigenvalue weighted by Gasteiger charge is 2.21. The Morgan fingerprint density at radius 2 is 2.09 bits per heavy atom. The molecule has 1 aliphatic rings. The maximum absolute atomic E-state index is 11.9. The number of likely N-dealkylation sites (N-methyl/N-ethyl adjacent to an activating group) is 1. The van der Waals surface area contributed by atoms with Crippen LogP contribution < -0.4 is 4.74 Å². The molecule has 2 rings (SSSR count). The number of hydrogen-bond donors (Lipinski definition) is 0. The Bertz CT molecular complexity index is 473. The number of ether oxygens (including phenoxy) is 2. The minimum atomic E-state index is 0.144. The largest absolute Gasteiger partial charge is 0.497 e. The fourth-order valence-corrected chi connectivity index (χ4v) is 2.65. The van der Waals surface area contributed by atoms with Gasteiger partial charge in [-0.1, -0.05) is 12.1 Å². The molecule has 1 saturated heterocycles. The van der Waals surface area contributed by atoms with Crippen LogP contribution >= 0.6 is 0 Å². The smallest absolute Gasteiger partial charge is 0.236 e. The molecule has 22 heavy (non-hydrogen) atoms. The van der Waals surface area contributed by atoms with Crippen molar-refractivity contribution in [3.8, 4) is 5.75 Å². The Labute approximate surface area is 132 Å². The van der Waals surface area contributed by atoms with E-state index in [0.717, 1.165) is 31.9 Å². The molecular formula is C17H26N2O3. The molecule has 5 heteroatoms. The van der Waals surface area contributed by atoms with Crippen LogP contribution in [0.4, 0.5) is 0 Å². The summed E-state index contributed by atoms with van der Waals surface area (Å²) in [4.78, 5) is 15.7. The van der Waals surface area contributed by atoms with Crippen molar-refractivity contribution in [3.05, 3.63) is 29.8 Å². The van der Waals surface area contributed by atoms with E-state index in [2.05, 4.69) is 17.0 Å². The van der Waals surface area contributed by atoms with Gasteiger partial charge < -0.3 is 14.4 Å². The van der Waals surface area contributed by atoms with Gasteiger partial charge in [-0.3, -0.25) is 9.69 Å². The van der Waals surface area contributed by atoms with Crippen LogP contribution in [0, 0.1) is 5.92 Å². The SMILES string of the molecule is COc1ccc(CC2COCCN(CC(=O)N(C)C)C2)cc1. The van der Waals surface area contributed by atoms with Crippen molar-refractivity contribution in [2.45, 2.75) is 6.42 Å². The molecule has 122 valence electrons. The van der Waals surface area contributed by atoms with E-state index >= 15 is 0 Å². The van der Waals surface area contributed by atoms with Crippen LogP contribution in [0.5, 0.6) is 5.75 Å². The molecule has 0 radical (unpaired) electrons. The van der Waals surface area contributed by atoms with E-state index in [1.54, 1.807) is 26.1 Å². The molecule has 1 aromatic rings. The first-order valence-electron chi connectivity index (χ1n) is 7.71. The third kappa shape index (κ3) is 5.00. The molecule has 0 saturated carbocycles. The number of carbonyl (C=O) groups is 1. The number of benzene rings is 1. The predicted octanol–water partition coefficient (Wildman–Crippen LogP) is 1.27. The van der Waals surface area contributed by atoms with Crippen molar-refractivity contribution in [2.75, 3.05) is 54.1 Å². The average Bonchev–Trinajstić information content (AvgIpc) is 2.73. The zero-order valence-electron chi connectivity index (χ0n) is 13.7. The quantitative estimate of drug-likeness (QED) is 0.822. The van der Waals surface area contributed by atoms with Crippen LogP contribution in [0.2, 0.25) is 0 Å². The molecule has 1 heterocycles. The molecule has 1 aromatic carbocycles. The predicted molar refractivity (Wildman–Crippen MR) is 86.1 cm³/mol. The van der Waals surface area contributed by atoms with Crippen molar-refractivity contribution >= 4 is 5.91 Å². The van der Waals surface area contributed by atoms with Crippen LogP contribution in [0.25, 0.3) is 0 Å². The monoisotopic (exact) mass is 306 g/mol. The Hall–Kier alpha value is -1.59. The lowest BCUT2D eigenvalue weighted by molar-refractivity contribution is -0.129. The fourth-order valence-electron chi connectivity index (χ4n) is 2.65. The van der Waals surface area contributed by atoms with Crippen molar-refractivity contribution in [1.29, 1.82) is 0 Å². The molecule has 1 amide bonds. The van der Waals surface area contributed by atoms with Gasteiger partial charge in [0.25, 0.3) is 0 Å². The molecule has 0 N–H and O–H groups in total. The molecule has 0 aromatic heterocycles. The molecular weight excluding hydrogens is 280 g/mol. The second-order valence-corrected chi connectivity index (χ2v) is 6.02. The summed E-state index contributed by atoms with van der Waals surface area (Å²) in [6.07, 6.45) is 0.955. The minimum Gasteiger partial charge on any atom is -0.497 e. The van der Waals surface area contributed by atoms with Crippen LogP contribution in [0.3, 0.4) is 0 Å². The summed E-state index contributed by atoms with van der Waals surface area (Å²) in [5.41, 5.74) is 1.27. The van der Waals surface area contributed by atoms with Gasteiger partial charge in [0, 0.05) is 27.2 Å². The highest BCUT2D eigenvalue weighted by Crippen LogP contribution is 2.17. The summed E-state index contributed by atoms with van der Waals surface area (Å²) in [6, 6.07) is 8.17. The Balaban J connectivity index is 1.92. The van der Waals surface area contributed by atoms with Crippen LogP contribution in [0.15, 0.2) is 24.3 Å². The Morgan fingerprint density at radius 1 is 1.36 bits per heavy atom. The number of carbonyl (C=O) groups excluding carboxylic acids is 1. The second-order valence-electron chi connectivity index (χ2n) is 6.02. The summed E-state index contributed by atoms with van der Waals surface area (Å²) in [6.45, 7) is 3.62. The average molecular weight is 306 g/mol. The number of nitrogens with zero attached hydrogens (tertiary/aromatic N) is 2. The summed E-state index contributed by atoms with van der Waals surface area (Å²) < 4.78 is 10.9. The van der Waals surface area contributed by atoms with Gasteiger partial charge in [-0.05, 0) is 30.0 Å². The lowest BCUT2D eigenvalue weighted by atomic mass is 9.99. The van der Waals surface area contributed by atoms with E-state index < -0.39 is 0 Å². The first-order valence-corrected chi connectivity index (χ1v) is 7.71. The molecule has 1 unspecified atom stereocenters. The standard InChI is InChI=1S/C17H26N2O3/c1-18(2)17(20)12-19-8-9-22-13-15(11-19)10-14-4-6-16(21-3)7-5-14/h4-7,15H,8-13H2,1-3H3. The van der Waals surface area contributed by atoms with Crippen LogP contribution in [0.1, 0.15) is 5.56 Å². The maximum Gasteiger partial charge on any atom is 0.236 e. The van der Waals surface area contributed by atoms with Gasteiger partial charge in [-0.25, -0.2) is 0 Å². The molecule has 0 aliphatic carbocycles. The van der Waals surface area contributed by atoms with E-state index in [9.17, 15) is 4.79 Å². The van der Waals surface area contributed by atoms with Gasteiger partial charge in [0.2, 0.25) is 5.91 Å². The summed E-state index contributed by atoms with van der Waals surface area (Å²) in [5.74, 6) is 1.43. The minimum absolute atomic E-state index is 0.144. The van der Waals surface area contributed by atoms with Crippen molar-refractivity contribution in [3.63, 3.8) is 0 Å². The Kier molecular flexibility index (Phi) is 6.21. The van der Waals surface area contributed by atoms with Gasteiger partial charge in [-0.2, -0.15) is 0 Å². The third-order valence-corrected chi connectivity index (χ3v) is 3.96. The molecule has 5 nitrogen and oxygen atoms in total. The second kappa shape index (κ2) is 8.15. The first-order chi connectivity index (χ1) is 10.6. The van der Waals surface area contributed by atoms with E-state index in [1.165, 1.54) is 5.56 Å². The van der Waals surface area contributed by atoms with Gasteiger partial charge in [0.05, 0.1) is 26.9 Å². The maximum atomic E-state index is 11.9. The van der Waals surface area contributed by atoms with Gasteiger partial charge in [0.15, 0.2) is 0 Å². The zero-order chi connectivity index (χ0) is 15.9. The molecule has 1 aliphatic heterocycles. The van der Waals surface area contributed by atoms with E-state index in [4.69, 9.17) is 9.47 Å². The first kappa shape index (κ1) is 16.8. The Morgan fingerprint density at radius 3 is 2.73 bits per heavy atom. The van der Waals surface area contributed by atoms with Crippen LogP contribution in [-0.4, -0.2) is 69.8 Å². The normalized spacial score (nSPS) is 19.5. The topological polar surface area (TPSA) is 42.0 Å². The number of methoxy groups -OCH3 is 1. The lowest BCUT2D eigenvalue weighted by Gasteiger charge is -2.24. The summed E-state index contributed by atoms with van der Waals surface area (Å²) >= 11 is 0. The highest BCUT2D eigenvalue weighted by atomic mass is 16.5. The zero-order valence-corrected chi connectivity index (χ0v) is 13.7. The number of amides is 1. The van der Waals surface area contributed by atoms with Crippen molar-refractivity contribution < 1.29 is 14.3 Å². The molecule has 0 spiro atoms. The van der Waals surface area contributed by atoms with E-state index in [-0.39, 0.29) is 5.91 Å². The highest BCUT2D eigenvalue weighted by molar-refractivity contribution is 5.77. The fraction of sp³-hybridized carbons (Fsp3) is 0.588. The van der Waals surface area contributed by atoms with Crippen LogP contribution in [-0.2, 0) is 16.0 Å². The molecule has 1 atom stereocenters. The van der Waals surface area contributed by atoms with Crippen molar-refractivity contribution in [2.24, 2.45) is 5.92 Å². The molecule has 0 bridgehead atoms. The third-order valence-electron chi connectivity index (χ3n) is 3.96. The lowest BCUT2D eigenvalue weighted by Crippen LogP contribution is -2.39. The summed E-state index contributed by atoms with van der Waals surface area (Å²) in [7, 11) is 5.27. The van der Waals surface area contributed by atoms with Crippen molar-refractivity contribution in [1.82, 2.24) is 9.80 Å². The van der Waals surface area contributed by atoms with Gasteiger partial charge >= 0.3 is 0 Å². The van der Waals surface area contributed by atoms with Gasteiger partial charge in [-0.15, -0.1) is 0 Å². The summed E-state index contributed by atoms with van der Waals surface area (Å²) in [5, 5.41) is 0. The number of rotatable bonds is 5.